The van der Waals surface area contributed by atoms with Crippen molar-refractivity contribution in [2.24, 2.45) is 5.73 Å². The van der Waals surface area contributed by atoms with Crippen molar-refractivity contribution in [1.29, 1.82) is 5.41 Å². The number of methoxy groups -OCH3 is 1. The predicted octanol–water partition coefficient (Wildman–Crippen LogP) is 4.17. The Balaban J connectivity index is 1.84. The molecule has 0 heterocycles. The summed E-state index contributed by atoms with van der Waals surface area (Å²) in [7, 11) is -2.61. The van der Waals surface area contributed by atoms with Crippen LogP contribution in [0.2, 0.25) is 0 Å². The van der Waals surface area contributed by atoms with E-state index in [0.29, 0.717) is 38.9 Å². The minimum Gasteiger partial charge on any atom is -0.496 e. The zero-order chi connectivity index (χ0) is 26.7. The number of ether oxygens (including phenoxy) is 1. The zero-order valence-electron chi connectivity index (χ0n) is 19.9. The summed E-state index contributed by atoms with van der Waals surface area (Å²) >= 11 is 0. The predicted molar refractivity (Wildman–Crippen MR) is 142 cm³/mol. The van der Waals surface area contributed by atoms with Gasteiger partial charge in [0.05, 0.1) is 18.9 Å². The SMILES string of the molecule is COc1cccc2cc(-c3ccccc3C(=O)Nc3ccc(C(=N)N)cc3)c(C(=O)OS(C)(=O)=O)cc12. The number of fused-ring (bicyclic) bond motifs is 1. The molecule has 9 nitrogen and oxygen atoms in total. The van der Waals surface area contributed by atoms with Crippen LogP contribution in [0.4, 0.5) is 5.69 Å². The summed E-state index contributed by atoms with van der Waals surface area (Å²) in [5.41, 5.74) is 7.38. The quantitative estimate of drug-likeness (QED) is 0.189. The van der Waals surface area contributed by atoms with Crippen LogP contribution in [0.25, 0.3) is 21.9 Å². The number of amides is 1. The van der Waals surface area contributed by atoms with E-state index in [9.17, 15) is 18.0 Å². The molecule has 0 radical (unpaired) electrons. The van der Waals surface area contributed by atoms with Crippen molar-refractivity contribution in [3.05, 3.63) is 95.6 Å². The summed E-state index contributed by atoms with van der Waals surface area (Å²) in [4.78, 5) is 26.3. The molecule has 188 valence electrons. The molecule has 1 amide bonds. The number of hydrogen-bond donors (Lipinski definition) is 3. The Hall–Kier alpha value is -4.70. The lowest BCUT2D eigenvalue weighted by molar-refractivity contribution is 0.0749. The van der Waals surface area contributed by atoms with E-state index in [1.165, 1.54) is 13.2 Å². The van der Waals surface area contributed by atoms with Crippen molar-refractivity contribution in [1.82, 2.24) is 0 Å². The van der Waals surface area contributed by atoms with Crippen LogP contribution in [0.5, 0.6) is 5.75 Å². The molecule has 0 aliphatic carbocycles. The molecule has 4 aromatic carbocycles. The van der Waals surface area contributed by atoms with Gasteiger partial charge in [0.1, 0.15) is 11.6 Å². The van der Waals surface area contributed by atoms with Crippen molar-refractivity contribution in [3.8, 4) is 16.9 Å². The summed E-state index contributed by atoms with van der Waals surface area (Å²) in [5.74, 6) is -1.15. The fourth-order valence-corrected chi connectivity index (χ4v) is 4.26. The van der Waals surface area contributed by atoms with E-state index in [0.717, 1.165) is 6.26 Å². The summed E-state index contributed by atoms with van der Waals surface area (Å²) in [6.45, 7) is 0. The molecule has 0 unspecified atom stereocenters. The van der Waals surface area contributed by atoms with E-state index >= 15 is 0 Å². The second kappa shape index (κ2) is 10.1. The molecule has 0 saturated heterocycles. The lowest BCUT2D eigenvalue weighted by Crippen LogP contribution is -2.16. The molecule has 10 heteroatoms. The average Bonchev–Trinajstić information content (AvgIpc) is 2.86. The van der Waals surface area contributed by atoms with Gasteiger partial charge in [0.2, 0.25) is 0 Å². The third kappa shape index (κ3) is 5.60. The first-order valence-electron chi connectivity index (χ1n) is 11.0. The van der Waals surface area contributed by atoms with Gasteiger partial charge in [-0.15, -0.1) is 0 Å². The van der Waals surface area contributed by atoms with Crippen LogP contribution < -0.4 is 15.8 Å². The molecule has 4 rings (SSSR count). The van der Waals surface area contributed by atoms with E-state index < -0.39 is 22.0 Å². The number of nitrogen functional groups attached to an aromatic ring is 1. The van der Waals surface area contributed by atoms with E-state index in [4.69, 9.17) is 20.1 Å². The second-order valence-corrected chi connectivity index (χ2v) is 9.72. The van der Waals surface area contributed by atoms with Gasteiger partial charge >= 0.3 is 16.1 Å². The number of hydrogen-bond acceptors (Lipinski definition) is 7. The van der Waals surface area contributed by atoms with Crippen LogP contribution in [0.1, 0.15) is 26.3 Å². The van der Waals surface area contributed by atoms with E-state index in [-0.39, 0.29) is 17.0 Å². The maximum atomic E-state index is 13.3. The highest BCUT2D eigenvalue weighted by Crippen LogP contribution is 2.35. The number of anilines is 1. The number of carbonyl (C=O) groups is 2. The topological polar surface area (TPSA) is 149 Å². The van der Waals surface area contributed by atoms with Crippen LogP contribution in [0.3, 0.4) is 0 Å². The number of benzene rings is 4. The second-order valence-electron chi connectivity index (χ2n) is 8.14. The Kier molecular flexibility index (Phi) is 6.94. The molecule has 0 spiro atoms. The molecule has 37 heavy (non-hydrogen) atoms. The van der Waals surface area contributed by atoms with Crippen molar-refractivity contribution in [3.63, 3.8) is 0 Å². The Morgan fingerprint density at radius 3 is 2.24 bits per heavy atom. The summed E-state index contributed by atoms with van der Waals surface area (Å²) in [6, 6.07) is 21.6. The third-order valence-electron chi connectivity index (χ3n) is 5.56. The Morgan fingerprint density at radius 1 is 0.892 bits per heavy atom. The van der Waals surface area contributed by atoms with Crippen molar-refractivity contribution < 1.29 is 26.9 Å². The fraction of sp³-hybridized carbons (Fsp3) is 0.0741. The molecule has 0 aromatic heterocycles. The normalized spacial score (nSPS) is 11.1. The number of nitrogens with two attached hydrogens (primary N) is 1. The minimum absolute atomic E-state index is 0.0477. The van der Waals surface area contributed by atoms with E-state index in [1.54, 1.807) is 66.7 Å². The number of rotatable bonds is 7. The summed E-state index contributed by atoms with van der Waals surface area (Å²) in [6.07, 6.45) is 0.783. The highest BCUT2D eigenvalue weighted by Gasteiger charge is 2.23. The third-order valence-corrected chi connectivity index (χ3v) is 6.02. The van der Waals surface area contributed by atoms with Gasteiger partial charge in [-0.05, 0) is 65.0 Å². The maximum Gasteiger partial charge on any atom is 0.354 e. The molecule has 4 aromatic rings. The number of carbonyl (C=O) groups excluding carboxylic acids is 2. The lowest BCUT2D eigenvalue weighted by Gasteiger charge is -2.16. The molecule has 0 fully saturated rings. The Morgan fingerprint density at radius 2 is 1.59 bits per heavy atom. The van der Waals surface area contributed by atoms with Gasteiger partial charge in [0.25, 0.3) is 5.91 Å². The highest BCUT2D eigenvalue weighted by atomic mass is 32.2. The standard InChI is InChI=1S/C27H23N3O6S/c1-35-24-9-5-6-17-14-22(23(15-21(17)24)27(32)36-37(2,33)34)19-7-3-4-8-20(19)26(31)30-18-12-10-16(11-13-18)25(28)29/h3-15H,1-2H3,(H3,28,29)(H,30,31). The maximum absolute atomic E-state index is 13.3. The molecule has 0 saturated carbocycles. The first-order chi connectivity index (χ1) is 17.6. The van der Waals surface area contributed by atoms with Crippen LogP contribution in [0.15, 0.2) is 78.9 Å². The molecule has 0 atom stereocenters. The van der Waals surface area contributed by atoms with Gasteiger partial charge in [0.15, 0.2) is 0 Å². The van der Waals surface area contributed by atoms with Gasteiger partial charge in [-0.3, -0.25) is 10.2 Å². The van der Waals surface area contributed by atoms with Crippen LogP contribution in [-0.2, 0) is 14.3 Å². The average molecular weight is 518 g/mol. The van der Waals surface area contributed by atoms with Crippen molar-refractivity contribution >= 4 is 44.3 Å². The monoisotopic (exact) mass is 517 g/mol. The van der Waals surface area contributed by atoms with Crippen LogP contribution in [0, 0.1) is 5.41 Å². The summed E-state index contributed by atoms with van der Waals surface area (Å²) < 4.78 is 33.6. The number of amidine groups is 1. The zero-order valence-corrected chi connectivity index (χ0v) is 20.8. The van der Waals surface area contributed by atoms with Gasteiger partial charge in [-0.25, -0.2) is 4.79 Å². The first kappa shape index (κ1) is 25.4. The van der Waals surface area contributed by atoms with Crippen LogP contribution >= 0.6 is 0 Å². The van der Waals surface area contributed by atoms with Gasteiger partial charge < -0.3 is 20.0 Å². The highest BCUT2D eigenvalue weighted by molar-refractivity contribution is 7.86. The molecular weight excluding hydrogens is 494 g/mol. The van der Waals surface area contributed by atoms with Gasteiger partial charge in [0, 0.05) is 22.2 Å². The largest absolute Gasteiger partial charge is 0.496 e. The number of nitrogens with one attached hydrogen (secondary N) is 2. The van der Waals surface area contributed by atoms with Crippen molar-refractivity contribution in [2.75, 3.05) is 18.7 Å². The van der Waals surface area contributed by atoms with E-state index in [1.807, 2.05) is 6.07 Å². The Bertz CT molecular complexity index is 1650. The van der Waals surface area contributed by atoms with Gasteiger partial charge in [-0.1, -0.05) is 30.3 Å². The fourth-order valence-electron chi connectivity index (χ4n) is 3.90. The molecule has 0 aliphatic rings. The molecule has 0 aliphatic heterocycles. The van der Waals surface area contributed by atoms with Gasteiger partial charge in [-0.2, -0.15) is 8.42 Å². The molecule has 4 N–H and O–H groups in total. The van der Waals surface area contributed by atoms with E-state index in [2.05, 4.69) is 5.32 Å². The first-order valence-corrected chi connectivity index (χ1v) is 12.8. The minimum atomic E-state index is -4.10. The molecule has 0 bridgehead atoms. The smallest absolute Gasteiger partial charge is 0.354 e. The lowest BCUT2D eigenvalue weighted by atomic mass is 9.92. The summed E-state index contributed by atoms with van der Waals surface area (Å²) in [5, 5.41) is 11.6. The van der Waals surface area contributed by atoms with Crippen molar-refractivity contribution in [2.45, 2.75) is 0 Å². The molecular formula is C27H23N3O6S. The van der Waals surface area contributed by atoms with Crippen LogP contribution in [-0.4, -0.2) is 39.5 Å². The Labute approximate surface area is 213 Å².